The van der Waals surface area contributed by atoms with Crippen LogP contribution in [0.25, 0.3) is 11.4 Å². The minimum atomic E-state index is -0.340. The van der Waals surface area contributed by atoms with E-state index in [-0.39, 0.29) is 16.7 Å². The van der Waals surface area contributed by atoms with Crippen LogP contribution in [0, 0.1) is 21.8 Å². The Balaban J connectivity index is 2.16. The van der Waals surface area contributed by atoms with E-state index >= 15 is 0 Å². The van der Waals surface area contributed by atoms with Gasteiger partial charge in [0, 0.05) is 11.6 Å². The Kier molecular flexibility index (Phi) is 4.06. The molecule has 1 heterocycles. The van der Waals surface area contributed by atoms with E-state index in [4.69, 9.17) is 12.2 Å². The number of hydrogen-bond acceptors (Lipinski definition) is 4. The van der Waals surface area contributed by atoms with Gasteiger partial charge in [-0.05, 0) is 38.0 Å². The molecule has 0 radical (unpaired) electrons. The summed E-state index contributed by atoms with van der Waals surface area (Å²) in [6.45, 7) is 1.74. The maximum Gasteiger partial charge on any atom is 0.283 e. The molecule has 6 nitrogen and oxygen atoms in total. The average molecular weight is 318 g/mol. The summed E-state index contributed by atoms with van der Waals surface area (Å²) in [7, 11) is 0. The number of aryl methyl sites for hydroxylation is 1. The molecule has 0 aliphatic heterocycles. The maximum atomic E-state index is 11.4. The lowest BCUT2D eigenvalue weighted by atomic mass is 9.95. The molecule has 3 rings (SSSR count). The topological polar surface area (TPSA) is 76.8 Å². The Bertz CT molecular complexity index is 759. The van der Waals surface area contributed by atoms with Gasteiger partial charge in [-0.25, -0.2) is 0 Å². The summed E-state index contributed by atoms with van der Waals surface area (Å²) in [6, 6.07) is 5.58. The second-order valence-corrected chi connectivity index (χ2v) is 6.13. The molecule has 1 aromatic carbocycles. The van der Waals surface area contributed by atoms with E-state index in [1.165, 1.54) is 6.42 Å². The first-order valence-electron chi connectivity index (χ1n) is 7.51. The van der Waals surface area contributed by atoms with Crippen LogP contribution in [0.4, 0.5) is 5.69 Å². The van der Waals surface area contributed by atoms with E-state index in [2.05, 4.69) is 10.2 Å². The molecule has 0 atom stereocenters. The monoisotopic (exact) mass is 318 g/mol. The molecular formula is C15H18N4O2S. The third-order valence-electron chi connectivity index (χ3n) is 4.31. The minimum absolute atomic E-state index is 0.105. The fourth-order valence-electron chi connectivity index (χ4n) is 3.25. The molecule has 7 heteroatoms. The third-order valence-corrected chi connectivity index (χ3v) is 4.59. The van der Waals surface area contributed by atoms with Crippen LogP contribution in [0.2, 0.25) is 0 Å². The van der Waals surface area contributed by atoms with Gasteiger partial charge in [-0.1, -0.05) is 31.4 Å². The number of H-pyrrole nitrogens is 1. The molecule has 0 spiro atoms. The van der Waals surface area contributed by atoms with Crippen LogP contribution in [0.3, 0.4) is 0 Å². The summed E-state index contributed by atoms with van der Waals surface area (Å²) < 4.78 is 2.51. The van der Waals surface area contributed by atoms with Gasteiger partial charge < -0.3 is 0 Å². The van der Waals surface area contributed by atoms with Crippen LogP contribution in [0.5, 0.6) is 0 Å². The first-order valence-corrected chi connectivity index (χ1v) is 7.91. The molecule has 2 aromatic rings. The van der Waals surface area contributed by atoms with Crippen molar-refractivity contribution >= 4 is 17.9 Å². The van der Waals surface area contributed by atoms with Crippen LogP contribution in [0.15, 0.2) is 18.2 Å². The van der Waals surface area contributed by atoms with E-state index in [1.54, 1.807) is 19.1 Å². The largest absolute Gasteiger partial charge is 0.297 e. The highest BCUT2D eigenvalue weighted by molar-refractivity contribution is 7.71. The molecule has 0 unspecified atom stereocenters. The van der Waals surface area contributed by atoms with Crippen molar-refractivity contribution in [3.05, 3.63) is 38.6 Å². The summed E-state index contributed by atoms with van der Waals surface area (Å²) in [5, 5.41) is 18.5. The summed E-state index contributed by atoms with van der Waals surface area (Å²) >= 11 is 5.37. The maximum absolute atomic E-state index is 11.4. The van der Waals surface area contributed by atoms with Gasteiger partial charge in [0.1, 0.15) is 0 Å². The summed E-state index contributed by atoms with van der Waals surface area (Å²) in [5.41, 5.74) is 1.27. The van der Waals surface area contributed by atoms with Crippen LogP contribution in [-0.4, -0.2) is 19.7 Å². The Morgan fingerprint density at radius 1 is 1.36 bits per heavy atom. The van der Waals surface area contributed by atoms with Gasteiger partial charge in [-0.15, -0.1) is 0 Å². The zero-order valence-electron chi connectivity index (χ0n) is 12.4. The number of para-hydroxylation sites is 1. The van der Waals surface area contributed by atoms with Crippen molar-refractivity contribution in [1.82, 2.24) is 14.8 Å². The minimum Gasteiger partial charge on any atom is -0.297 e. The molecule has 1 N–H and O–H groups in total. The van der Waals surface area contributed by atoms with E-state index < -0.39 is 0 Å². The number of rotatable bonds is 3. The second-order valence-electron chi connectivity index (χ2n) is 5.74. The quantitative estimate of drug-likeness (QED) is 0.519. The van der Waals surface area contributed by atoms with Gasteiger partial charge in [-0.3, -0.25) is 19.8 Å². The highest BCUT2D eigenvalue weighted by Crippen LogP contribution is 2.36. The molecule has 0 amide bonds. The number of aromatic nitrogens is 3. The average Bonchev–Trinajstić information content (AvgIpc) is 2.89. The van der Waals surface area contributed by atoms with E-state index in [9.17, 15) is 10.1 Å². The van der Waals surface area contributed by atoms with E-state index in [1.807, 2.05) is 10.6 Å². The molecule has 0 saturated heterocycles. The number of hydrogen-bond donors (Lipinski definition) is 1. The lowest BCUT2D eigenvalue weighted by molar-refractivity contribution is -0.384. The summed E-state index contributed by atoms with van der Waals surface area (Å²) in [4.78, 5) is 11.1. The molecule has 1 aliphatic carbocycles. The smallest absolute Gasteiger partial charge is 0.283 e. The van der Waals surface area contributed by atoms with Crippen molar-refractivity contribution in [3.63, 3.8) is 0 Å². The predicted molar refractivity (Wildman–Crippen MR) is 86.4 cm³/mol. The predicted octanol–water partition coefficient (Wildman–Crippen LogP) is 4.33. The van der Waals surface area contributed by atoms with Crippen LogP contribution < -0.4 is 0 Å². The lowest BCUT2D eigenvalue weighted by Crippen LogP contribution is -2.14. The van der Waals surface area contributed by atoms with Crippen molar-refractivity contribution < 1.29 is 4.92 Å². The number of nitro groups is 1. The van der Waals surface area contributed by atoms with Gasteiger partial charge in [0.05, 0.1) is 10.5 Å². The van der Waals surface area contributed by atoms with Crippen molar-refractivity contribution in [2.24, 2.45) is 0 Å². The van der Waals surface area contributed by atoms with Gasteiger partial charge in [0.2, 0.25) is 0 Å². The van der Waals surface area contributed by atoms with Gasteiger partial charge in [0.15, 0.2) is 10.6 Å². The number of aromatic amines is 1. The first kappa shape index (κ1) is 14.9. The zero-order chi connectivity index (χ0) is 15.7. The highest BCUT2D eigenvalue weighted by Gasteiger charge is 2.26. The number of nitrogens with zero attached hydrogens (tertiary/aromatic N) is 3. The van der Waals surface area contributed by atoms with Crippen molar-refractivity contribution in [2.45, 2.75) is 45.1 Å². The molecular weight excluding hydrogens is 300 g/mol. The fourth-order valence-corrected chi connectivity index (χ4v) is 3.54. The zero-order valence-corrected chi connectivity index (χ0v) is 13.2. The molecule has 1 aliphatic rings. The molecule has 0 bridgehead atoms. The lowest BCUT2D eigenvalue weighted by Gasteiger charge is -2.24. The highest BCUT2D eigenvalue weighted by atomic mass is 32.1. The second kappa shape index (κ2) is 6.00. The Morgan fingerprint density at radius 2 is 2.09 bits per heavy atom. The number of benzene rings is 1. The summed E-state index contributed by atoms with van der Waals surface area (Å²) in [6.07, 6.45) is 5.64. The summed E-state index contributed by atoms with van der Waals surface area (Å²) in [5.74, 6) is 0.576. The van der Waals surface area contributed by atoms with Gasteiger partial charge >= 0.3 is 0 Å². The third kappa shape index (κ3) is 2.56. The van der Waals surface area contributed by atoms with Gasteiger partial charge in [-0.2, -0.15) is 5.10 Å². The Morgan fingerprint density at radius 3 is 2.77 bits per heavy atom. The van der Waals surface area contributed by atoms with Crippen LogP contribution >= 0.6 is 12.2 Å². The standard InChI is InChI=1S/C15H18N4O2S/c1-10-6-5-9-12(13(10)19(20)21)14-16-17-15(22)18(14)11-7-3-2-4-8-11/h5-6,9,11H,2-4,7-8H2,1H3,(H,17,22). The van der Waals surface area contributed by atoms with Gasteiger partial charge in [0.25, 0.3) is 5.69 Å². The van der Waals surface area contributed by atoms with Crippen molar-refractivity contribution in [3.8, 4) is 11.4 Å². The van der Waals surface area contributed by atoms with Crippen LogP contribution in [0.1, 0.15) is 43.7 Å². The number of nitrogens with one attached hydrogen (secondary N) is 1. The molecule has 1 saturated carbocycles. The Hall–Kier alpha value is -2.02. The normalized spacial score (nSPS) is 15.9. The van der Waals surface area contributed by atoms with Crippen molar-refractivity contribution in [1.29, 1.82) is 0 Å². The van der Waals surface area contributed by atoms with Crippen molar-refractivity contribution in [2.75, 3.05) is 0 Å². The molecule has 116 valence electrons. The molecule has 22 heavy (non-hydrogen) atoms. The first-order chi connectivity index (χ1) is 10.6. The molecule has 1 aromatic heterocycles. The van der Waals surface area contributed by atoms with E-state index in [0.29, 0.717) is 21.7 Å². The van der Waals surface area contributed by atoms with E-state index in [0.717, 1.165) is 25.7 Å². The SMILES string of the molecule is Cc1cccc(-c2n[nH]c(=S)n2C2CCCCC2)c1[N+](=O)[O-]. The fraction of sp³-hybridized carbons (Fsp3) is 0.467. The van der Waals surface area contributed by atoms with Crippen LogP contribution in [-0.2, 0) is 0 Å². The number of nitro benzene ring substituents is 1. The Labute approximate surface area is 133 Å². The molecule has 1 fully saturated rings.